The fourth-order valence-corrected chi connectivity index (χ4v) is 4.38. The average molecular weight is 415 g/mol. The number of ether oxygens (including phenoxy) is 1. The van der Waals surface area contributed by atoms with Crippen molar-refractivity contribution in [3.05, 3.63) is 29.8 Å². The first-order valence-corrected chi connectivity index (χ1v) is 10.5. The lowest BCUT2D eigenvalue weighted by atomic mass is 9.95. The molecule has 162 valence electrons. The van der Waals surface area contributed by atoms with Crippen LogP contribution in [0.3, 0.4) is 0 Å². The normalized spacial score (nSPS) is 20.5. The van der Waals surface area contributed by atoms with E-state index in [2.05, 4.69) is 5.32 Å². The fraction of sp³-hybridized carbons (Fsp3) is 0.545. The van der Waals surface area contributed by atoms with Gasteiger partial charge < -0.3 is 15.0 Å². The van der Waals surface area contributed by atoms with E-state index in [-0.39, 0.29) is 36.7 Å². The van der Waals surface area contributed by atoms with Crippen LogP contribution < -0.4 is 10.2 Å². The summed E-state index contributed by atoms with van der Waals surface area (Å²) in [6.45, 7) is 7.06. The Hall–Kier alpha value is -2.90. The van der Waals surface area contributed by atoms with Gasteiger partial charge in [0.25, 0.3) is 11.8 Å². The zero-order valence-electron chi connectivity index (χ0n) is 17.9. The van der Waals surface area contributed by atoms with Crippen LogP contribution in [0.25, 0.3) is 0 Å². The molecule has 0 aromatic heterocycles. The van der Waals surface area contributed by atoms with E-state index in [4.69, 9.17) is 4.74 Å². The van der Waals surface area contributed by atoms with Crippen LogP contribution >= 0.6 is 0 Å². The molecule has 0 aliphatic carbocycles. The molecule has 2 heterocycles. The minimum atomic E-state index is -1.58. The molecule has 1 aromatic rings. The van der Waals surface area contributed by atoms with Crippen molar-refractivity contribution in [3.8, 4) is 0 Å². The summed E-state index contributed by atoms with van der Waals surface area (Å²) in [5, 5.41) is 2.82. The third-order valence-corrected chi connectivity index (χ3v) is 5.83. The van der Waals surface area contributed by atoms with Crippen LogP contribution in [0.2, 0.25) is 0 Å². The summed E-state index contributed by atoms with van der Waals surface area (Å²) in [6, 6.07) is 6.41. The van der Waals surface area contributed by atoms with Crippen molar-refractivity contribution < 1.29 is 23.9 Å². The summed E-state index contributed by atoms with van der Waals surface area (Å²) in [7, 11) is 0. The Bertz CT molecular complexity index is 864. The highest BCUT2D eigenvalue weighted by atomic mass is 16.5. The molecule has 2 aliphatic rings. The zero-order valence-corrected chi connectivity index (χ0v) is 17.9. The number of nitrogens with zero attached hydrogens (tertiary/aromatic N) is 2. The van der Waals surface area contributed by atoms with Crippen LogP contribution in [0.5, 0.6) is 0 Å². The number of rotatable bonds is 7. The largest absolute Gasteiger partial charge is 0.452 e. The number of carbonyl (C=O) groups is 4. The predicted molar refractivity (Wildman–Crippen MR) is 111 cm³/mol. The van der Waals surface area contributed by atoms with E-state index >= 15 is 0 Å². The van der Waals surface area contributed by atoms with Crippen LogP contribution in [0.1, 0.15) is 63.7 Å². The third kappa shape index (κ3) is 3.44. The van der Waals surface area contributed by atoms with Gasteiger partial charge in [0.1, 0.15) is 0 Å². The molecule has 1 N–H and O–H groups in total. The van der Waals surface area contributed by atoms with Gasteiger partial charge in [-0.3, -0.25) is 19.3 Å². The van der Waals surface area contributed by atoms with Crippen molar-refractivity contribution in [1.29, 1.82) is 0 Å². The highest BCUT2D eigenvalue weighted by Gasteiger charge is 2.62. The summed E-state index contributed by atoms with van der Waals surface area (Å²) in [5.41, 5.74) is -0.803. The first kappa shape index (κ1) is 21.8. The standard InChI is InChI=1S/C22H29N3O5/c1-5-15(6-2)23-18(26)13-30-21(29)22-12-11-19(27)25(22)17-10-8-7-9-16(17)20(28)24(22)14(3)4/h7-10,14-15H,5-6,11-13H2,1-4H3,(H,23,26)/t22-/m1/s1. The van der Waals surface area contributed by atoms with Crippen molar-refractivity contribution in [2.75, 3.05) is 11.5 Å². The lowest BCUT2D eigenvalue weighted by molar-refractivity contribution is -0.161. The molecular weight excluding hydrogens is 386 g/mol. The number of nitrogens with one attached hydrogen (secondary N) is 1. The van der Waals surface area contributed by atoms with Gasteiger partial charge in [-0.1, -0.05) is 26.0 Å². The summed E-state index contributed by atoms with van der Waals surface area (Å²) in [5.74, 6) is -1.74. The van der Waals surface area contributed by atoms with Crippen LogP contribution in [-0.4, -0.2) is 52.9 Å². The number of esters is 1. The van der Waals surface area contributed by atoms with Crippen molar-refractivity contribution >= 4 is 29.4 Å². The molecule has 8 nitrogen and oxygen atoms in total. The van der Waals surface area contributed by atoms with E-state index in [1.54, 1.807) is 38.1 Å². The van der Waals surface area contributed by atoms with Gasteiger partial charge in [-0.2, -0.15) is 0 Å². The van der Waals surface area contributed by atoms with Crippen molar-refractivity contribution in [1.82, 2.24) is 10.2 Å². The zero-order chi connectivity index (χ0) is 22.1. The van der Waals surface area contributed by atoms with Gasteiger partial charge in [-0.05, 0) is 38.8 Å². The van der Waals surface area contributed by atoms with Gasteiger partial charge in [0, 0.05) is 24.9 Å². The number of fused-ring (bicyclic) bond motifs is 3. The van der Waals surface area contributed by atoms with Crippen LogP contribution in [0, 0.1) is 0 Å². The molecule has 3 rings (SSSR count). The molecule has 2 aliphatic heterocycles. The number of para-hydroxylation sites is 1. The summed E-state index contributed by atoms with van der Waals surface area (Å²) in [4.78, 5) is 54.5. The molecule has 0 unspecified atom stereocenters. The number of benzene rings is 1. The number of carbonyl (C=O) groups excluding carboxylic acids is 4. The van der Waals surface area contributed by atoms with Crippen LogP contribution in [-0.2, 0) is 19.1 Å². The molecule has 1 saturated heterocycles. The SMILES string of the molecule is CCC(CC)NC(=O)COC(=O)[C@@]12CCC(=O)N1c1ccccc1C(=O)N2C(C)C. The maximum absolute atomic E-state index is 13.4. The van der Waals surface area contributed by atoms with Crippen molar-refractivity contribution in [2.24, 2.45) is 0 Å². The molecule has 0 bridgehead atoms. The highest BCUT2D eigenvalue weighted by molar-refractivity contribution is 6.15. The maximum Gasteiger partial charge on any atom is 0.354 e. The Morgan fingerprint density at radius 3 is 2.47 bits per heavy atom. The number of anilines is 1. The molecular formula is C22H29N3O5. The lowest BCUT2D eigenvalue weighted by Gasteiger charge is -2.50. The second kappa shape index (κ2) is 8.45. The van der Waals surface area contributed by atoms with E-state index in [1.165, 1.54) is 9.80 Å². The minimum absolute atomic E-state index is 0.00854. The molecule has 0 saturated carbocycles. The number of amides is 3. The number of hydrogen-bond acceptors (Lipinski definition) is 5. The predicted octanol–water partition coefficient (Wildman–Crippen LogP) is 2.22. The Morgan fingerprint density at radius 1 is 1.17 bits per heavy atom. The summed E-state index contributed by atoms with van der Waals surface area (Å²) in [6.07, 6.45) is 1.78. The number of hydrogen-bond donors (Lipinski definition) is 1. The van der Waals surface area contributed by atoms with E-state index in [1.807, 2.05) is 13.8 Å². The van der Waals surface area contributed by atoms with Gasteiger partial charge in [0.2, 0.25) is 11.6 Å². The quantitative estimate of drug-likeness (QED) is 0.689. The van der Waals surface area contributed by atoms with E-state index in [0.29, 0.717) is 11.3 Å². The Kier molecular flexibility index (Phi) is 6.14. The molecule has 30 heavy (non-hydrogen) atoms. The average Bonchev–Trinajstić information content (AvgIpc) is 3.08. The van der Waals surface area contributed by atoms with Crippen LogP contribution in [0.4, 0.5) is 5.69 Å². The Morgan fingerprint density at radius 2 is 1.83 bits per heavy atom. The third-order valence-electron chi connectivity index (χ3n) is 5.83. The van der Waals surface area contributed by atoms with Crippen molar-refractivity contribution in [3.63, 3.8) is 0 Å². The first-order valence-electron chi connectivity index (χ1n) is 10.5. The molecule has 3 amide bonds. The van der Waals surface area contributed by atoms with Crippen molar-refractivity contribution in [2.45, 2.75) is 71.1 Å². The summed E-state index contributed by atoms with van der Waals surface area (Å²) >= 11 is 0. The van der Waals surface area contributed by atoms with E-state index in [9.17, 15) is 19.2 Å². The Labute approximate surface area is 176 Å². The monoisotopic (exact) mass is 415 g/mol. The van der Waals surface area contributed by atoms with Gasteiger partial charge in [0.05, 0.1) is 11.3 Å². The molecule has 8 heteroatoms. The van der Waals surface area contributed by atoms with Gasteiger partial charge in [-0.15, -0.1) is 0 Å². The van der Waals surface area contributed by atoms with Gasteiger partial charge in [-0.25, -0.2) is 4.79 Å². The second-order valence-corrected chi connectivity index (χ2v) is 7.99. The second-order valence-electron chi connectivity index (χ2n) is 7.99. The fourth-order valence-electron chi connectivity index (χ4n) is 4.38. The highest BCUT2D eigenvalue weighted by Crippen LogP contribution is 2.45. The smallest absolute Gasteiger partial charge is 0.354 e. The molecule has 1 fully saturated rings. The Balaban J connectivity index is 1.94. The molecule has 0 radical (unpaired) electrons. The lowest BCUT2D eigenvalue weighted by Crippen LogP contribution is -2.70. The van der Waals surface area contributed by atoms with E-state index < -0.39 is 24.1 Å². The topological polar surface area (TPSA) is 96.0 Å². The van der Waals surface area contributed by atoms with Gasteiger partial charge >= 0.3 is 5.97 Å². The maximum atomic E-state index is 13.4. The summed E-state index contributed by atoms with van der Waals surface area (Å²) < 4.78 is 5.39. The van der Waals surface area contributed by atoms with Crippen LogP contribution in [0.15, 0.2) is 24.3 Å². The van der Waals surface area contributed by atoms with Gasteiger partial charge in [0.15, 0.2) is 6.61 Å². The molecule has 1 atom stereocenters. The molecule has 0 spiro atoms. The minimum Gasteiger partial charge on any atom is -0.452 e. The van der Waals surface area contributed by atoms with E-state index in [0.717, 1.165) is 12.8 Å². The molecule has 1 aromatic carbocycles. The first-order chi connectivity index (χ1) is 14.3.